The minimum Gasteiger partial charge on any atom is -0.465 e. The molecule has 1 aliphatic rings. The van der Waals surface area contributed by atoms with Gasteiger partial charge < -0.3 is 9.84 Å². The Kier molecular flexibility index (Phi) is 3.14. The molecule has 1 saturated heterocycles. The van der Waals surface area contributed by atoms with Gasteiger partial charge in [0.2, 0.25) is 0 Å². The van der Waals surface area contributed by atoms with E-state index in [0.717, 1.165) is 4.90 Å². The molecule has 84 valence electrons. The van der Waals surface area contributed by atoms with Crippen molar-refractivity contribution >= 4 is 11.9 Å². The highest BCUT2D eigenvalue weighted by atomic mass is 16.5. The number of allylic oxidation sites excluding steroid dienone is 1. The first-order valence-corrected chi connectivity index (χ1v) is 4.70. The van der Waals surface area contributed by atoms with E-state index in [1.54, 1.807) is 13.8 Å². The summed E-state index contributed by atoms with van der Waals surface area (Å²) in [5.74, 6) is -0.182. The van der Waals surface area contributed by atoms with Crippen LogP contribution in [0.25, 0.3) is 0 Å². The van der Waals surface area contributed by atoms with Crippen LogP contribution in [0.5, 0.6) is 0 Å². The summed E-state index contributed by atoms with van der Waals surface area (Å²) in [6, 6.07) is -0.713. The van der Waals surface area contributed by atoms with Gasteiger partial charge >= 0.3 is 6.09 Å². The third-order valence-electron chi connectivity index (χ3n) is 2.41. The van der Waals surface area contributed by atoms with Gasteiger partial charge in [0.05, 0.1) is 6.61 Å². The molecule has 0 aromatic rings. The van der Waals surface area contributed by atoms with Crippen molar-refractivity contribution in [2.24, 2.45) is 0 Å². The first kappa shape index (κ1) is 11.7. The van der Waals surface area contributed by atoms with Gasteiger partial charge in [-0.05, 0) is 13.8 Å². The van der Waals surface area contributed by atoms with E-state index in [0.29, 0.717) is 0 Å². The van der Waals surface area contributed by atoms with Gasteiger partial charge in [-0.1, -0.05) is 6.08 Å². The number of amides is 1. The van der Waals surface area contributed by atoms with Crippen LogP contribution in [-0.2, 0) is 9.53 Å². The van der Waals surface area contributed by atoms with Crippen molar-refractivity contribution in [3.63, 3.8) is 0 Å². The Bertz CT molecular complexity index is 298. The monoisotopic (exact) mass is 213 g/mol. The normalized spacial score (nSPS) is 23.9. The van der Waals surface area contributed by atoms with Gasteiger partial charge in [-0.25, -0.2) is 4.79 Å². The molecule has 1 heterocycles. The SMILES string of the molecule is C=CCC(=O)C1COC(C)(C)N1C(=O)O. The van der Waals surface area contributed by atoms with Gasteiger partial charge in [0.25, 0.3) is 0 Å². The molecule has 1 aliphatic heterocycles. The fraction of sp³-hybridized carbons (Fsp3) is 0.600. The quantitative estimate of drug-likeness (QED) is 0.716. The number of ether oxygens (including phenoxy) is 1. The molecule has 0 radical (unpaired) electrons. The maximum atomic E-state index is 11.6. The van der Waals surface area contributed by atoms with Gasteiger partial charge in [-0.2, -0.15) is 0 Å². The lowest BCUT2D eigenvalue weighted by atomic mass is 10.1. The van der Waals surface area contributed by atoms with Crippen molar-refractivity contribution in [1.29, 1.82) is 0 Å². The summed E-state index contributed by atoms with van der Waals surface area (Å²) in [6.45, 7) is 6.82. The molecule has 0 bridgehead atoms. The maximum absolute atomic E-state index is 11.6. The van der Waals surface area contributed by atoms with E-state index in [-0.39, 0.29) is 18.8 Å². The molecule has 1 N–H and O–H groups in total. The Labute approximate surface area is 88.3 Å². The third kappa shape index (κ3) is 2.18. The summed E-state index contributed by atoms with van der Waals surface area (Å²) in [5.41, 5.74) is -0.937. The fourth-order valence-corrected chi connectivity index (χ4v) is 1.68. The fourth-order valence-electron chi connectivity index (χ4n) is 1.68. The van der Waals surface area contributed by atoms with Crippen LogP contribution >= 0.6 is 0 Å². The lowest BCUT2D eigenvalue weighted by Crippen LogP contribution is -2.49. The minimum atomic E-state index is -1.14. The van der Waals surface area contributed by atoms with E-state index in [1.807, 2.05) is 0 Å². The number of Topliss-reactive ketones (excluding diaryl/α,β-unsaturated/α-hetero) is 1. The number of nitrogens with zero attached hydrogens (tertiary/aromatic N) is 1. The zero-order valence-corrected chi connectivity index (χ0v) is 8.90. The molecule has 0 saturated carbocycles. The second-order valence-corrected chi connectivity index (χ2v) is 3.89. The van der Waals surface area contributed by atoms with Crippen LogP contribution in [0.4, 0.5) is 4.79 Å². The summed E-state index contributed by atoms with van der Waals surface area (Å²) in [7, 11) is 0. The van der Waals surface area contributed by atoms with E-state index < -0.39 is 17.9 Å². The molecule has 1 rings (SSSR count). The highest BCUT2D eigenvalue weighted by Gasteiger charge is 2.46. The van der Waals surface area contributed by atoms with E-state index >= 15 is 0 Å². The second kappa shape index (κ2) is 4.02. The van der Waals surface area contributed by atoms with Gasteiger partial charge in [-0.15, -0.1) is 6.58 Å². The van der Waals surface area contributed by atoms with Gasteiger partial charge in [0.15, 0.2) is 5.78 Å². The second-order valence-electron chi connectivity index (χ2n) is 3.89. The van der Waals surface area contributed by atoms with Crippen molar-refractivity contribution in [3.05, 3.63) is 12.7 Å². The average Bonchev–Trinajstić information content (AvgIpc) is 2.41. The van der Waals surface area contributed by atoms with Crippen LogP contribution < -0.4 is 0 Å². The number of carbonyl (C=O) groups is 2. The predicted molar refractivity (Wildman–Crippen MR) is 53.5 cm³/mol. The number of ketones is 1. The molecule has 0 aromatic carbocycles. The standard InChI is InChI=1S/C10H15NO4/c1-4-5-8(12)7-6-15-10(2,3)11(7)9(13)14/h4,7H,1,5-6H2,2-3H3,(H,13,14). The molecule has 0 spiro atoms. The molecule has 5 nitrogen and oxygen atoms in total. The molecule has 0 aliphatic carbocycles. The number of rotatable bonds is 3. The van der Waals surface area contributed by atoms with Crippen molar-refractivity contribution in [3.8, 4) is 0 Å². The van der Waals surface area contributed by atoms with Crippen molar-refractivity contribution in [1.82, 2.24) is 4.90 Å². The van der Waals surface area contributed by atoms with Crippen LogP contribution in [0, 0.1) is 0 Å². The van der Waals surface area contributed by atoms with Gasteiger partial charge in [0.1, 0.15) is 11.8 Å². The highest BCUT2D eigenvalue weighted by Crippen LogP contribution is 2.28. The highest BCUT2D eigenvalue weighted by molar-refractivity contribution is 5.88. The molecule has 0 aromatic heterocycles. The molecule has 1 amide bonds. The summed E-state index contributed by atoms with van der Waals surface area (Å²) < 4.78 is 5.28. The Morgan fingerprint density at radius 3 is 2.73 bits per heavy atom. The number of carboxylic acid groups (broad SMARTS) is 1. The van der Waals surface area contributed by atoms with E-state index in [2.05, 4.69) is 6.58 Å². The van der Waals surface area contributed by atoms with Crippen molar-refractivity contribution < 1.29 is 19.4 Å². The third-order valence-corrected chi connectivity index (χ3v) is 2.41. The zero-order valence-electron chi connectivity index (χ0n) is 8.90. The molecule has 5 heteroatoms. The topological polar surface area (TPSA) is 66.8 Å². The summed E-state index contributed by atoms with van der Waals surface area (Å²) in [6.07, 6.45) is 0.488. The summed E-state index contributed by atoms with van der Waals surface area (Å²) in [5, 5.41) is 9.00. The largest absolute Gasteiger partial charge is 0.465 e. The number of hydrogen-bond acceptors (Lipinski definition) is 3. The zero-order chi connectivity index (χ0) is 11.6. The van der Waals surface area contributed by atoms with E-state index in [9.17, 15) is 9.59 Å². The average molecular weight is 213 g/mol. The van der Waals surface area contributed by atoms with E-state index in [1.165, 1.54) is 6.08 Å². The van der Waals surface area contributed by atoms with E-state index in [4.69, 9.17) is 9.84 Å². The molecular weight excluding hydrogens is 198 g/mol. The van der Waals surface area contributed by atoms with Crippen LogP contribution in [0.3, 0.4) is 0 Å². The van der Waals surface area contributed by atoms with Crippen LogP contribution in [0.2, 0.25) is 0 Å². The molecule has 1 fully saturated rings. The summed E-state index contributed by atoms with van der Waals surface area (Å²) in [4.78, 5) is 23.7. The number of hydrogen-bond donors (Lipinski definition) is 1. The maximum Gasteiger partial charge on any atom is 0.410 e. The molecule has 15 heavy (non-hydrogen) atoms. The van der Waals surface area contributed by atoms with Crippen LogP contribution in [0.1, 0.15) is 20.3 Å². The summed E-state index contributed by atoms with van der Waals surface area (Å²) >= 11 is 0. The minimum absolute atomic E-state index is 0.117. The lowest BCUT2D eigenvalue weighted by Gasteiger charge is -2.30. The van der Waals surface area contributed by atoms with Gasteiger partial charge in [0, 0.05) is 6.42 Å². The molecular formula is C10H15NO4. The lowest BCUT2D eigenvalue weighted by molar-refractivity contribution is -0.122. The number of carbonyl (C=O) groups excluding carboxylic acids is 1. The predicted octanol–water partition coefficient (Wildman–Crippen LogP) is 1.25. The first-order valence-electron chi connectivity index (χ1n) is 4.70. The van der Waals surface area contributed by atoms with Gasteiger partial charge in [-0.3, -0.25) is 9.69 Å². The molecule has 1 atom stereocenters. The van der Waals surface area contributed by atoms with Crippen LogP contribution in [-0.4, -0.2) is 40.3 Å². The Morgan fingerprint density at radius 2 is 2.27 bits per heavy atom. The smallest absolute Gasteiger partial charge is 0.410 e. The van der Waals surface area contributed by atoms with Crippen molar-refractivity contribution in [2.75, 3.05) is 6.61 Å². The van der Waals surface area contributed by atoms with Crippen molar-refractivity contribution in [2.45, 2.75) is 32.0 Å². The van der Waals surface area contributed by atoms with Crippen LogP contribution in [0.15, 0.2) is 12.7 Å². The Morgan fingerprint density at radius 1 is 1.67 bits per heavy atom. The molecule has 1 unspecified atom stereocenters. The Balaban J connectivity index is 2.87. The Hall–Kier alpha value is -1.36. The first-order chi connectivity index (χ1) is 6.90.